The first-order chi connectivity index (χ1) is 14.0. The van der Waals surface area contributed by atoms with Crippen LogP contribution < -0.4 is 0 Å². The monoisotopic (exact) mass is 400 g/mol. The molecule has 0 spiro atoms. The van der Waals surface area contributed by atoms with Crippen LogP contribution in [-0.4, -0.2) is 0 Å². The van der Waals surface area contributed by atoms with Gasteiger partial charge in [0.1, 0.15) is 5.82 Å². The molecule has 0 aliphatic heterocycles. The van der Waals surface area contributed by atoms with Crippen molar-refractivity contribution in [3.05, 3.63) is 59.4 Å². The molecule has 2 aliphatic carbocycles. The molecule has 4 atom stereocenters. The van der Waals surface area contributed by atoms with Crippen LogP contribution in [0.1, 0.15) is 76.2 Å². The molecule has 0 heterocycles. The Balaban J connectivity index is 1.44. The van der Waals surface area contributed by atoms with Gasteiger partial charge in [-0.05, 0) is 85.1 Å². The maximum atomic E-state index is 14.8. The van der Waals surface area contributed by atoms with E-state index in [1.54, 1.807) is 12.1 Å². The number of halogens is 3. The highest BCUT2D eigenvalue weighted by Gasteiger charge is 2.35. The highest BCUT2D eigenvalue weighted by Crippen LogP contribution is 2.48. The van der Waals surface area contributed by atoms with E-state index in [4.69, 9.17) is 0 Å². The average molecular weight is 401 g/mol. The van der Waals surface area contributed by atoms with Crippen molar-refractivity contribution < 1.29 is 13.2 Å². The second-order valence-electron chi connectivity index (χ2n) is 9.22. The second-order valence-corrected chi connectivity index (χ2v) is 9.22. The molecule has 1 unspecified atom stereocenters. The van der Waals surface area contributed by atoms with Gasteiger partial charge in [0.05, 0.1) is 0 Å². The number of benzene rings is 2. The predicted molar refractivity (Wildman–Crippen MR) is 112 cm³/mol. The molecule has 156 valence electrons. The number of unbranched alkanes of at least 4 members (excludes halogenated alkanes) is 1. The molecular weight excluding hydrogens is 369 g/mol. The normalized spacial score (nSPS) is 26.9. The van der Waals surface area contributed by atoms with Gasteiger partial charge in [-0.3, -0.25) is 0 Å². The van der Waals surface area contributed by atoms with Crippen LogP contribution in [0.5, 0.6) is 0 Å². The summed E-state index contributed by atoms with van der Waals surface area (Å²) < 4.78 is 41.5. The van der Waals surface area contributed by atoms with Gasteiger partial charge in [0.2, 0.25) is 0 Å². The second kappa shape index (κ2) is 8.93. The van der Waals surface area contributed by atoms with Crippen LogP contribution in [-0.2, 0) is 0 Å². The highest BCUT2D eigenvalue weighted by molar-refractivity contribution is 5.64. The van der Waals surface area contributed by atoms with E-state index < -0.39 is 11.6 Å². The molecular formula is C26H31F3. The van der Waals surface area contributed by atoms with Gasteiger partial charge in [-0.1, -0.05) is 50.8 Å². The Bertz CT molecular complexity index is 844. The highest BCUT2D eigenvalue weighted by atomic mass is 19.2. The molecule has 0 bridgehead atoms. The van der Waals surface area contributed by atoms with Gasteiger partial charge in [0, 0.05) is 5.56 Å². The summed E-state index contributed by atoms with van der Waals surface area (Å²) in [5, 5.41) is 0. The van der Waals surface area contributed by atoms with Gasteiger partial charge in [0.25, 0.3) is 0 Å². The molecule has 0 radical (unpaired) electrons. The third kappa shape index (κ3) is 4.54. The van der Waals surface area contributed by atoms with Crippen LogP contribution in [0.4, 0.5) is 13.2 Å². The van der Waals surface area contributed by atoms with Crippen molar-refractivity contribution in [3.63, 3.8) is 0 Å². The molecule has 0 saturated heterocycles. The molecule has 29 heavy (non-hydrogen) atoms. The zero-order valence-corrected chi connectivity index (χ0v) is 17.3. The van der Waals surface area contributed by atoms with E-state index in [0.29, 0.717) is 17.0 Å². The van der Waals surface area contributed by atoms with Gasteiger partial charge >= 0.3 is 0 Å². The summed E-state index contributed by atoms with van der Waals surface area (Å²) in [5.74, 6) is 0.760. The predicted octanol–water partition coefficient (Wildman–Crippen LogP) is 8.26. The molecule has 3 heteroatoms. The molecule has 0 amide bonds. The molecule has 2 aromatic carbocycles. The molecule has 0 nitrogen and oxygen atoms in total. The maximum Gasteiger partial charge on any atom is 0.159 e. The van der Waals surface area contributed by atoms with Crippen LogP contribution in [0.15, 0.2) is 36.4 Å². The van der Waals surface area contributed by atoms with Gasteiger partial charge < -0.3 is 0 Å². The van der Waals surface area contributed by atoms with Crippen molar-refractivity contribution in [3.8, 4) is 11.1 Å². The summed E-state index contributed by atoms with van der Waals surface area (Å²) in [5.41, 5.74) is 1.76. The molecule has 2 fully saturated rings. The topological polar surface area (TPSA) is 0 Å². The Kier molecular flexibility index (Phi) is 6.32. The first-order valence-electron chi connectivity index (χ1n) is 11.3. The zero-order valence-electron chi connectivity index (χ0n) is 17.3. The summed E-state index contributed by atoms with van der Waals surface area (Å²) in [7, 11) is 0. The van der Waals surface area contributed by atoms with E-state index in [2.05, 4.69) is 6.92 Å². The fourth-order valence-electron chi connectivity index (χ4n) is 5.73. The van der Waals surface area contributed by atoms with Crippen LogP contribution in [0.3, 0.4) is 0 Å². The SMILES string of the molecule is CCCCC1CC[C@@H]2C[C@H](c3ccc(-c4ccc(F)c(F)c4)c(F)c3)CC[C@@H]2C1. The molecule has 2 aliphatic rings. The largest absolute Gasteiger partial charge is 0.206 e. The molecule has 2 aromatic rings. The van der Waals surface area contributed by atoms with Crippen molar-refractivity contribution in [1.29, 1.82) is 0 Å². The summed E-state index contributed by atoms with van der Waals surface area (Å²) in [4.78, 5) is 0. The molecule has 4 rings (SSSR count). The minimum absolute atomic E-state index is 0.331. The van der Waals surface area contributed by atoms with Crippen LogP contribution in [0, 0.1) is 35.2 Å². The lowest BCUT2D eigenvalue weighted by Crippen LogP contribution is -2.30. The summed E-state index contributed by atoms with van der Waals surface area (Å²) >= 11 is 0. The quantitative estimate of drug-likeness (QED) is 0.474. The van der Waals surface area contributed by atoms with Gasteiger partial charge in [-0.25, -0.2) is 13.2 Å². The van der Waals surface area contributed by atoms with E-state index >= 15 is 0 Å². The summed E-state index contributed by atoms with van der Waals surface area (Å²) in [6.07, 6.45) is 11.7. The standard InChI is InChI=1S/C26H31F3/c1-2-3-4-17-5-6-19-14-20(8-7-18(19)13-17)21-9-11-23(25(28)15-21)22-10-12-24(27)26(29)16-22/h9-12,15-20H,2-8,13-14H2,1H3/t17?,18-,19-,20-/m1/s1. The third-order valence-corrected chi connectivity index (χ3v) is 7.38. The fraction of sp³-hybridized carbons (Fsp3) is 0.538. The molecule has 0 aromatic heterocycles. The summed E-state index contributed by atoms with van der Waals surface area (Å²) in [6.45, 7) is 2.27. The van der Waals surface area contributed by atoms with Crippen LogP contribution in [0.2, 0.25) is 0 Å². The first kappa shape index (κ1) is 20.5. The van der Waals surface area contributed by atoms with Crippen molar-refractivity contribution in [2.75, 3.05) is 0 Å². The Morgan fingerprint density at radius 2 is 1.59 bits per heavy atom. The van der Waals surface area contributed by atoms with Crippen molar-refractivity contribution in [1.82, 2.24) is 0 Å². The van der Waals surface area contributed by atoms with Gasteiger partial charge in [-0.2, -0.15) is 0 Å². The smallest absolute Gasteiger partial charge is 0.159 e. The van der Waals surface area contributed by atoms with Crippen molar-refractivity contribution in [2.24, 2.45) is 17.8 Å². The van der Waals surface area contributed by atoms with Crippen LogP contribution >= 0.6 is 0 Å². The molecule has 2 saturated carbocycles. The Labute approximate surface area is 172 Å². The zero-order chi connectivity index (χ0) is 20.4. The van der Waals surface area contributed by atoms with E-state index in [-0.39, 0.29) is 5.82 Å². The molecule has 0 N–H and O–H groups in total. The Morgan fingerprint density at radius 1 is 0.793 bits per heavy atom. The minimum Gasteiger partial charge on any atom is -0.206 e. The maximum absolute atomic E-state index is 14.8. The Morgan fingerprint density at radius 3 is 2.34 bits per heavy atom. The van der Waals surface area contributed by atoms with E-state index in [1.165, 1.54) is 51.0 Å². The Hall–Kier alpha value is -1.77. The minimum atomic E-state index is -0.946. The fourth-order valence-corrected chi connectivity index (χ4v) is 5.73. The van der Waals surface area contributed by atoms with Gasteiger partial charge in [0.15, 0.2) is 11.6 Å². The first-order valence-corrected chi connectivity index (χ1v) is 11.3. The van der Waals surface area contributed by atoms with E-state index in [9.17, 15) is 13.2 Å². The van der Waals surface area contributed by atoms with Crippen LogP contribution in [0.25, 0.3) is 11.1 Å². The van der Waals surface area contributed by atoms with E-state index in [0.717, 1.165) is 48.3 Å². The van der Waals surface area contributed by atoms with Crippen molar-refractivity contribution in [2.45, 2.75) is 70.6 Å². The number of fused-ring (bicyclic) bond motifs is 1. The van der Waals surface area contributed by atoms with Gasteiger partial charge in [-0.15, -0.1) is 0 Å². The number of hydrogen-bond donors (Lipinski definition) is 0. The lowest BCUT2D eigenvalue weighted by Gasteiger charge is -2.42. The summed E-state index contributed by atoms with van der Waals surface area (Å²) in [6, 6.07) is 8.88. The third-order valence-electron chi connectivity index (χ3n) is 7.38. The average Bonchev–Trinajstić information content (AvgIpc) is 2.73. The lowest BCUT2D eigenvalue weighted by molar-refractivity contribution is 0.113. The van der Waals surface area contributed by atoms with E-state index in [1.807, 2.05) is 6.07 Å². The number of hydrogen-bond acceptors (Lipinski definition) is 0. The lowest BCUT2D eigenvalue weighted by atomic mass is 9.63. The van der Waals surface area contributed by atoms with Crippen molar-refractivity contribution >= 4 is 0 Å². The number of rotatable bonds is 5.